The monoisotopic (exact) mass is 271 g/mol. The average Bonchev–Trinajstić information content (AvgIpc) is 3.10. The van der Waals surface area contributed by atoms with Crippen molar-refractivity contribution in [1.82, 2.24) is 15.5 Å². The molecule has 0 radical (unpaired) electrons. The number of hydrogen-bond acceptors (Lipinski definition) is 3. The predicted molar refractivity (Wildman–Crippen MR) is 79.2 cm³/mol. The number of aromatic amines is 1. The summed E-state index contributed by atoms with van der Waals surface area (Å²) in [6.07, 6.45) is 4.14. The Hall–Kier alpha value is -1.65. The number of nitrogens with zero attached hydrogens (tertiary/aromatic N) is 1. The first-order valence-corrected chi connectivity index (χ1v) is 7.13. The zero-order chi connectivity index (χ0) is 14.0. The number of H-pyrrole nitrogens is 1. The van der Waals surface area contributed by atoms with Gasteiger partial charge in [-0.3, -0.25) is 5.10 Å². The van der Waals surface area contributed by atoms with Gasteiger partial charge in [-0.1, -0.05) is 29.8 Å². The smallest absolute Gasteiger partial charge is 0.0695 e. The molecular weight excluding hydrogens is 250 g/mol. The molecule has 1 aromatic carbocycles. The van der Waals surface area contributed by atoms with E-state index in [2.05, 4.69) is 46.7 Å². The molecule has 20 heavy (non-hydrogen) atoms. The van der Waals surface area contributed by atoms with Gasteiger partial charge in [-0.2, -0.15) is 5.10 Å². The summed E-state index contributed by atoms with van der Waals surface area (Å²) < 4.78 is 0. The van der Waals surface area contributed by atoms with Crippen LogP contribution in [0.15, 0.2) is 30.5 Å². The first-order chi connectivity index (χ1) is 9.72. The average molecular weight is 271 g/mol. The van der Waals surface area contributed by atoms with Crippen LogP contribution in [-0.2, 0) is 6.54 Å². The summed E-state index contributed by atoms with van der Waals surface area (Å²) in [6, 6.07) is 8.45. The summed E-state index contributed by atoms with van der Waals surface area (Å²) in [5.74, 6) is 0. The van der Waals surface area contributed by atoms with E-state index in [9.17, 15) is 5.11 Å². The van der Waals surface area contributed by atoms with Crippen molar-refractivity contribution >= 4 is 0 Å². The summed E-state index contributed by atoms with van der Waals surface area (Å²) >= 11 is 0. The highest BCUT2D eigenvalue weighted by Gasteiger charge is 2.41. The van der Waals surface area contributed by atoms with E-state index in [1.807, 2.05) is 6.20 Å². The minimum absolute atomic E-state index is 0.147. The number of aromatic nitrogens is 2. The maximum atomic E-state index is 9.31. The molecule has 4 nitrogen and oxygen atoms in total. The number of benzene rings is 1. The van der Waals surface area contributed by atoms with Gasteiger partial charge in [0.25, 0.3) is 0 Å². The van der Waals surface area contributed by atoms with Crippen molar-refractivity contribution < 1.29 is 5.11 Å². The largest absolute Gasteiger partial charge is 0.396 e. The Balaban J connectivity index is 1.66. The van der Waals surface area contributed by atoms with Crippen LogP contribution in [0.3, 0.4) is 0 Å². The molecule has 2 aromatic rings. The van der Waals surface area contributed by atoms with Gasteiger partial charge in [0.1, 0.15) is 0 Å². The molecule has 0 spiro atoms. The third-order valence-electron chi connectivity index (χ3n) is 4.17. The standard InChI is InChI=1S/C16H21N3O/c1-12-2-4-13(5-3-12)15-14(9-18-19-15)8-17-10-16(11-20)6-7-16/h2-5,9,17,20H,6-8,10-11H2,1H3,(H,18,19). The van der Waals surface area contributed by atoms with Crippen molar-refractivity contribution in [3.8, 4) is 11.3 Å². The highest BCUT2D eigenvalue weighted by molar-refractivity contribution is 5.62. The van der Waals surface area contributed by atoms with Gasteiger partial charge in [-0.05, 0) is 25.3 Å². The second kappa shape index (κ2) is 5.38. The summed E-state index contributed by atoms with van der Waals surface area (Å²) in [5.41, 5.74) is 4.81. The van der Waals surface area contributed by atoms with E-state index in [0.717, 1.165) is 37.2 Å². The summed E-state index contributed by atoms with van der Waals surface area (Å²) in [4.78, 5) is 0. The van der Waals surface area contributed by atoms with Crippen LogP contribution in [0.25, 0.3) is 11.3 Å². The van der Waals surface area contributed by atoms with E-state index in [1.54, 1.807) is 0 Å². The fourth-order valence-corrected chi connectivity index (χ4v) is 2.45. The van der Waals surface area contributed by atoms with Gasteiger partial charge in [0.05, 0.1) is 11.9 Å². The number of aliphatic hydroxyl groups excluding tert-OH is 1. The van der Waals surface area contributed by atoms with Crippen LogP contribution in [0.1, 0.15) is 24.0 Å². The Labute approximate surface area is 119 Å². The molecular formula is C16H21N3O. The van der Waals surface area contributed by atoms with Crippen molar-refractivity contribution in [2.75, 3.05) is 13.2 Å². The first-order valence-electron chi connectivity index (χ1n) is 7.13. The molecule has 4 heteroatoms. The van der Waals surface area contributed by atoms with E-state index in [0.29, 0.717) is 0 Å². The van der Waals surface area contributed by atoms with E-state index in [1.165, 1.54) is 11.1 Å². The zero-order valence-electron chi connectivity index (χ0n) is 11.8. The number of aliphatic hydroxyl groups is 1. The molecule has 0 saturated heterocycles. The molecule has 0 atom stereocenters. The fourth-order valence-electron chi connectivity index (χ4n) is 2.45. The number of aryl methyl sites for hydroxylation is 1. The van der Waals surface area contributed by atoms with Crippen molar-refractivity contribution in [2.45, 2.75) is 26.3 Å². The quantitative estimate of drug-likeness (QED) is 0.755. The zero-order valence-corrected chi connectivity index (χ0v) is 11.8. The minimum atomic E-state index is 0.147. The van der Waals surface area contributed by atoms with Crippen LogP contribution in [0.5, 0.6) is 0 Å². The SMILES string of the molecule is Cc1ccc(-c2[nH]ncc2CNCC2(CO)CC2)cc1. The van der Waals surface area contributed by atoms with Crippen molar-refractivity contribution in [3.05, 3.63) is 41.6 Å². The normalized spacial score (nSPS) is 16.3. The van der Waals surface area contributed by atoms with E-state index in [-0.39, 0.29) is 12.0 Å². The molecule has 3 N–H and O–H groups in total. The van der Waals surface area contributed by atoms with Gasteiger partial charge >= 0.3 is 0 Å². The molecule has 1 saturated carbocycles. The second-order valence-electron chi connectivity index (χ2n) is 5.90. The van der Waals surface area contributed by atoms with Crippen LogP contribution < -0.4 is 5.32 Å². The molecule has 0 amide bonds. The van der Waals surface area contributed by atoms with E-state index < -0.39 is 0 Å². The maximum Gasteiger partial charge on any atom is 0.0695 e. The Morgan fingerprint density at radius 3 is 2.70 bits per heavy atom. The van der Waals surface area contributed by atoms with Gasteiger partial charge in [0.2, 0.25) is 0 Å². The lowest BCUT2D eigenvalue weighted by Gasteiger charge is -2.12. The van der Waals surface area contributed by atoms with Crippen LogP contribution in [0, 0.1) is 12.3 Å². The molecule has 1 aromatic heterocycles. The predicted octanol–water partition coefficient (Wildman–Crippen LogP) is 2.25. The first kappa shape index (κ1) is 13.3. The topological polar surface area (TPSA) is 60.9 Å². The van der Waals surface area contributed by atoms with Gasteiger partial charge in [0.15, 0.2) is 0 Å². The maximum absolute atomic E-state index is 9.31. The molecule has 0 bridgehead atoms. The Bertz CT molecular complexity index is 570. The molecule has 1 heterocycles. The van der Waals surface area contributed by atoms with Crippen LogP contribution in [0.2, 0.25) is 0 Å². The molecule has 1 fully saturated rings. The number of rotatable bonds is 6. The third kappa shape index (κ3) is 2.76. The third-order valence-corrected chi connectivity index (χ3v) is 4.17. The summed E-state index contributed by atoms with van der Waals surface area (Å²) in [7, 11) is 0. The highest BCUT2D eigenvalue weighted by Crippen LogP contribution is 2.44. The number of hydrogen-bond donors (Lipinski definition) is 3. The molecule has 0 aliphatic heterocycles. The van der Waals surface area contributed by atoms with Gasteiger partial charge in [-0.15, -0.1) is 0 Å². The van der Waals surface area contributed by atoms with Crippen LogP contribution >= 0.6 is 0 Å². The van der Waals surface area contributed by atoms with Crippen molar-refractivity contribution in [2.24, 2.45) is 5.41 Å². The number of nitrogens with one attached hydrogen (secondary N) is 2. The second-order valence-corrected chi connectivity index (χ2v) is 5.90. The molecule has 3 rings (SSSR count). The summed E-state index contributed by atoms with van der Waals surface area (Å²) in [6.45, 7) is 4.03. The minimum Gasteiger partial charge on any atom is -0.396 e. The molecule has 0 unspecified atom stereocenters. The van der Waals surface area contributed by atoms with Crippen molar-refractivity contribution in [1.29, 1.82) is 0 Å². The van der Waals surface area contributed by atoms with Gasteiger partial charge in [-0.25, -0.2) is 0 Å². The highest BCUT2D eigenvalue weighted by atomic mass is 16.3. The Kier molecular flexibility index (Phi) is 3.59. The lowest BCUT2D eigenvalue weighted by molar-refractivity contribution is 0.207. The van der Waals surface area contributed by atoms with E-state index in [4.69, 9.17) is 0 Å². The van der Waals surface area contributed by atoms with E-state index >= 15 is 0 Å². The summed E-state index contributed by atoms with van der Waals surface area (Å²) in [5, 5.41) is 20.0. The molecule has 106 valence electrons. The van der Waals surface area contributed by atoms with Crippen molar-refractivity contribution in [3.63, 3.8) is 0 Å². The van der Waals surface area contributed by atoms with Crippen LogP contribution in [0.4, 0.5) is 0 Å². The van der Waals surface area contributed by atoms with Gasteiger partial charge < -0.3 is 10.4 Å². The lowest BCUT2D eigenvalue weighted by Crippen LogP contribution is -2.26. The molecule has 1 aliphatic rings. The Morgan fingerprint density at radius 2 is 2.05 bits per heavy atom. The van der Waals surface area contributed by atoms with Crippen LogP contribution in [-0.4, -0.2) is 28.5 Å². The van der Waals surface area contributed by atoms with Gasteiger partial charge in [0, 0.05) is 30.7 Å². The fraction of sp³-hybridized carbons (Fsp3) is 0.438. The Morgan fingerprint density at radius 1 is 1.30 bits per heavy atom. The molecule has 1 aliphatic carbocycles. The lowest BCUT2D eigenvalue weighted by atomic mass is 10.1.